The van der Waals surface area contributed by atoms with Gasteiger partial charge in [-0.05, 0) is 35.6 Å². The number of anilines is 2. The van der Waals surface area contributed by atoms with Gasteiger partial charge in [-0.25, -0.2) is 0 Å². The van der Waals surface area contributed by atoms with E-state index in [1.54, 1.807) is 14.2 Å². The Kier molecular flexibility index (Phi) is 6.43. The summed E-state index contributed by atoms with van der Waals surface area (Å²) in [6.45, 7) is 8.19. The third-order valence-electron chi connectivity index (χ3n) is 6.51. The van der Waals surface area contributed by atoms with E-state index in [0.717, 1.165) is 22.6 Å². The van der Waals surface area contributed by atoms with Crippen molar-refractivity contribution in [1.29, 1.82) is 0 Å². The van der Waals surface area contributed by atoms with Gasteiger partial charge in [0.1, 0.15) is 17.3 Å². The van der Waals surface area contributed by atoms with Crippen LogP contribution in [0.1, 0.15) is 52.1 Å². The van der Waals surface area contributed by atoms with Gasteiger partial charge >= 0.3 is 0 Å². The molecule has 0 saturated carbocycles. The number of hydrogen-bond acceptors (Lipinski definition) is 5. The number of allylic oxidation sites excluding steroid dienone is 1. The molecular weight excluding hydrogens is 428 g/mol. The van der Waals surface area contributed by atoms with Crippen molar-refractivity contribution in [2.75, 3.05) is 24.4 Å². The minimum Gasteiger partial charge on any atom is -0.497 e. The Hall–Kier alpha value is -3.28. The summed E-state index contributed by atoms with van der Waals surface area (Å²) in [7, 11) is 3.20. The number of fused-ring (bicyclic) bond motifs is 2. The van der Waals surface area contributed by atoms with Crippen molar-refractivity contribution in [1.82, 2.24) is 0 Å². The topological polar surface area (TPSA) is 67.9 Å². The van der Waals surface area contributed by atoms with Crippen molar-refractivity contribution in [2.24, 2.45) is 17.3 Å². The minimum absolute atomic E-state index is 0.0222. The fourth-order valence-electron chi connectivity index (χ4n) is 5.12. The summed E-state index contributed by atoms with van der Waals surface area (Å²) in [5.74, 6) is 0.950. The van der Waals surface area contributed by atoms with E-state index in [1.807, 2.05) is 61.2 Å². The maximum Gasteiger partial charge on any atom is 0.227 e. The highest BCUT2D eigenvalue weighted by Crippen LogP contribution is 2.50. The third kappa shape index (κ3) is 4.41. The zero-order valence-corrected chi connectivity index (χ0v) is 20.8. The number of ether oxygens (including phenoxy) is 2. The van der Waals surface area contributed by atoms with Gasteiger partial charge in [-0.2, -0.15) is 0 Å². The van der Waals surface area contributed by atoms with Gasteiger partial charge < -0.3 is 19.7 Å². The molecule has 0 saturated heterocycles. The molecule has 1 aliphatic heterocycles. The lowest BCUT2D eigenvalue weighted by atomic mass is 9.72. The first-order valence-corrected chi connectivity index (χ1v) is 11.8. The van der Waals surface area contributed by atoms with Crippen LogP contribution in [0.5, 0.6) is 11.5 Å². The summed E-state index contributed by atoms with van der Waals surface area (Å²) in [6.07, 6.45) is 2.92. The maximum atomic E-state index is 13.8. The van der Waals surface area contributed by atoms with E-state index in [1.165, 1.54) is 0 Å². The van der Waals surface area contributed by atoms with Crippen molar-refractivity contribution in [2.45, 2.75) is 46.6 Å². The molecule has 2 aromatic carbocycles. The molecule has 6 heteroatoms. The van der Waals surface area contributed by atoms with E-state index in [-0.39, 0.29) is 23.0 Å². The van der Waals surface area contributed by atoms with E-state index in [0.29, 0.717) is 24.3 Å². The molecule has 2 atom stereocenters. The van der Waals surface area contributed by atoms with Crippen LogP contribution < -0.4 is 19.7 Å². The van der Waals surface area contributed by atoms with Gasteiger partial charge in [-0.1, -0.05) is 45.9 Å². The Labute approximate surface area is 201 Å². The summed E-state index contributed by atoms with van der Waals surface area (Å²) in [5.41, 5.74) is 2.91. The highest BCUT2D eigenvalue weighted by Gasteiger charge is 2.47. The third-order valence-corrected chi connectivity index (χ3v) is 6.51. The monoisotopic (exact) mass is 462 g/mol. The largest absolute Gasteiger partial charge is 0.497 e. The summed E-state index contributed by atoms with van der Waals surface area (Å²) in [6, 6.07) is 12.8. The lowest BCUT2D eigenvalue weighted by molar-refractivity contribution is -0.125. The average Bonchev–Trinajstić information content (AvgIpc) is 2.91. The van der Waals surface area contributed by atoms with Crippen LogP contribution in [-0.2, 0) is 9.59 Å². The van der Waals surface area contributed by atoms with Crippen LogP contribution in [0, 0.1) is 17.3 Å². The number of Topliss-reactive ketones (excluding diaryl/α,β-unsaturated/α-hetero) is 1. The lowest BCUT2D eigenvalue weighted by Crippen LogP contribution is -2.44. The van der Waals surface area contributed by atoms with E-state index in [9.17, 15) is 9.59 Å². The Bertz CT molecular complexity index is 1130. The zero-order valence-electron chi connectivity index (χ0n) is 20.8. The second-order valence-corrected chi connectivity index (χ2v) is 10.3. The number of methoxy groups -OCH3 is 2. The molecular formula is C28H34N2O4. The highest BCUT2D eigenvalue weighted by molar-refractivity contribution is 6.01. The normalized spacial score (nSPS) is 21.1. The van der Waals surface area contributed by atoms with Crippen molar-refractivity contribution >= 4 is 23.1 Å². The zero-order chi connectivity index (χ0) is 24.6. The molecule has 0 radical (unpaired) electrons. The first-order valence-electron chi connectivity index (χ1n) is 11.8. The molecule has 0 bridgehead atoms. The van der Waals surface area contributed by atoms with Crippen LogP contribution in [0.25, 0.3) is 0 Å². The Balaban J connectivity index is 2.02. The molecule has 2 unspecified atom stereocenters. The number of rotatable bonds is 5. The van der Waals surface area contributed by atoms with E-state index in [4.69, 9.17) is 9.47 Å². The molecule has 1 heterocycles. The molecule has 2 aliphatic rings. The molecule has 1 amide bonds. The molecule has 34 heavy (non-hydrogen) atoms. The van der Waals surface area contributed by atoms with Crippen LogP contribution in [0.4, 0.5) is 11.4 Å². The molecule has 0 fully saturated rings. The maximum absolute atomic E-state index is 13.8. The number of benzene rings is 2. The van der Waals surface area contributed by atoms with Gasteiger partial charge in [-0.3, -0.25) is 9.59 Å². The molecule has 4 rings (SSSR count). The average molecular weight is 463 g/mol. The van der Waals surface area contributed by atoms with Gasteiger partial charge in [-0.15, -0.1) is 0 Å². The van der Waals surface area contributed by atoms with Crippen LogP contribution in [0.15, 0.2) is 54.2 Å². The predicted molar refractivity (Wildman–Crippen MR) is 134 cm³/mol. The SMILES string of the molecule is COc1ccc(C2C3C(=O)CC(C)(C)C=C3Nc3ccccc3N2C(=O)CC(C)C)c(OC)c1. The van der Waals surface area contributed by atoms with Crippen LogP contribution in [0.3, 0.4) is 0 Å². The highest BCUT2D eigenvalue weighted by atomic mass is 16.5. The molecule has 2 aromatic rings. The van der Waals surface area contributed by atoms with Crippen molar-refractivity contribution in [3.63, 3.8) is 0 Å². The van der Waals surface area contributed by atoms with Crippen LogP contribution in [-0.4, -0.2) is 25.9 Å². The van der Waals surface area contributed by atoms with Gasteiger partial charge in [0, 0.05) is 30.2 Å². The second kappa shape index (κ2) is 9.16. The molecule has 1 N–H and O–H groups in total. The predicted octanol–water partition coefficient (Wildman–Crippen LogP) is 5.75. The fraction of sp³-hybridized carbons (Fsp3) is 0.429. The number of carbonyl (C=O) groups is 2. The van der Waals surface area contributed by atoms with Gasteiger partial charge in [0.2, 0.25) is 5.91 Å². The van der Waals surface area contributed by atoms with E-state index >= 15 is 0 Å². The van der Waals surface area contributed by atoms with Gasteiger partial charge in [0.15, 0.2) is 0 Å². The Morgan fingerprint density at radius 3 is 2.56 bits per heavy atom. The number of nitrogens with one attached hydrogen (secondary N) is 1. The number of nitrogens with zero attached hydrogens (tertiary/aromatic N) is 1. The quantitative estimate of drug-likeness (QED) is 0.613. The summed E-state index contributed by atoms with van der Waals surface area (Å²) < 4.78 is 11.2. The van der Waals surface area contributed by atoms with Crippen molar-refractivity contribution in [3.8, 4) is 11.5 Å². The Morgan fingerprint density at radius 2 is 1.88 bits per heavy atom. The van der Waals surface area contributed by atoms with E-state index < -0.39 is 12.0 Å². The first-order chi connectivity index (χ1) is 16.1. The molecule has 6 nitrogen and oxygen atoms in total. The van der Waals surface area contributed by atoms with E-state index in [2.05, 4.69) is 25.2 Å². The van der Waals surface area contributed by atoms with Crippen LogP contribution in [0.2, 0.25) is 0 Å². The van der Waals surface area contributed by atoms with Crippen LogP contribution >= 0.6 is 0 Å². The van der Waals surface area contributed by atoms with Crippen molar-refractivity contribution < 1.29 is 19.1 Å². The van der Waals surface area contributed by atoms with Gasteiger partial charge in [0.05, 0.1) is 37.6 Å². The van der Waals surface area contributed by atoms with Crippen molar-refractivity contribution in [3.05, 3.63) is 59.8 Å². The first kappa shape index (κ1) is 23.9. The smallest absolute Gasteiger partial charge is 0.227 e. The molecule has 0 spiro atoms. The number of carbonyl (C=O) groups excluding carboxylic acids is 2. The molecule has 1 aliphatic carbocycles. The summed E-state index contributed by atoms with van der Waals surface area (Å²) in [4.78, 5) is 29.4. The lowest BCUT2D eigenvalue weighted by Gasteiger charge is -2.39. The second-order valence-electron chi connectivity index (χ2n) is 10.3. The fourth-order valence-corrected chi connectivity index (χ4v) is 5.12. The number of ketones is 1. The molecule has 0 aromatic heterocycles. The summed E-state index contributed by atoms with van der Waals surface area (Å²) in [5, 5.41) is 3.53. The Morgan fingerprint density at radius 1 is 1.15 bits per heavy atom. The standard InChI is InChI=1S/C28H34N2O4/c1-17(2)13-25(32)30-22-10-8-7-9-20(22)29-21-15-28(3,4)16-23(31)26(21)27(30)19-12-11-18(33-5)14-24(19)34-6/h7-12,14-15,17,26-27,29H,13,16H2,1-6H3. The number of amides is 1. The van der Waals surface area contributed by atoms with Gasteiger partial charge in [0.25, 0.3) is 0 Å². The number of hydrogen-bond donors (Lipinski definition) is 1. The summed E-state index contributed by atoms with van der Waals surface area (Å²) >= 11 is 0. The minimum atomic E-state index is -0.557. The number of para-hydroxylation sites is 2. The molecule has 180 valence electrons.